The van der Waals surface area contributed by atoms with Crippen LogP contribution in [0.4, 0.5) is 5.82 Å². The molecule has 0 aromatic carbocycles. The second-order valence-electron chi connectivity index (χ2n) is 7.23. The summed E-state index contributed by atoms with van der Waals surface area (Å²) in [5, 5.41) is 24.7. The summed E-state index contributed by atoms with van der Waals surface area (Å²) in [4.78, 5) is 12.7. The zero-order valence-corrected chi connectivity index (χ0v) is 18.0. The molecular formula is C18H22N6O3S2. The predicted molar refractivity (Wildman–Crippen MR) is 108 cm³/mol. The minimum absolute atomic E-state index is 0.0372. The van der Waals surface area contributed by atoms with Crippen molar-refractivity contribution < 1.29 is 13.2 Å². The molecule has 11 heteroatoms. The molecule has 0 atom stereocenters. The lowest BCUT2D eigenvalue weighted by Gasteiger charge is -2.17. The van der Waals surface area contributed by atoms with E-state index in [1.807, 2.05) is 32.9 Å². The Hall–Kier alpha value is -2.89. The first kappa shape index (κ1) is 22.4. The van der Waals surface area contributed by atoms with Gasteiger partial charge in [-0.15, -0.1) is 11.3 Å². The number of nitrogens with zero attached hydrogens (tertiary/aromatic N) is 4. The number of amides is 1. The Morgan fingerprint density at radius 1 is 1.31 bits per heavy atom. The van der Waals surface area contributed by atoms with E-state index in [1.165, 1.54) is 16.9 Å². The molecule has 1 amide bonds. The van der Waals surface area contributed by atoms with Gasteiger partial charge in [0.2, 0.25) is 5.91 Å². The van der Waals surface area contributed by atoms with Crippen LogP contribution in [0.25, 0.3) is 0 Å². The number of carbonyl (C=O) groups is 1. The van der Waals surface area contributed by atoms with Crippen molar-refractivity contribution in [3.05, 3.63) is 28.8 Å². The van der Waals surface area contributed by atoms with E-state index >= 15 is 0 Å². The molecule has 0 unspecified atom stereocenters. The first-order chi connectivity index (χ1) is 13.6. The number of nitrogens with one attached hydrogen (secondary N) is 2. The number of thiophene rings is 1. The van der Waals surface area contributed by atoms with Gasteiger partial charge in [-0.05, 0) is 18.6 Å². The molecular weight excluding hydrogens is 412 g/mol. The van der Waals surface area contributed by atoms with E-state index in [2.05, 4.69) is 15.1 Å². The van der Waals surface area contributed by atoms with Crippen molar-refractivity contribution in [2.75, 3.05) is 11.3 Å². The Morgan fingerprint density at radius 2 is 2.03 bits per heavy atom. The molecule has 0 aliphatic heterocycles. The molecule has 0 saturated carbocycles. The van der Waals surface area contributed by atoms with Gasteiger partial charge in [-0.2, -0.15) is 15.6 Å². The third-order valence-electron chi connectivity index (χ3n) is 3.87. The zero-order valence-electron chi connectivity index (χ0n) is 16.4. The van der Waals surface area contributed by atoms with Crippen LogP contribution in [0.1, 0.15) is 37.6 Å². The summed E-state index contributed by atoms with van der Waals surface area (Å²) in [6, 6.07) is 7.03. The molecule has 154 valence electrons. The zero-order chi connectivity index (χ0) is 21.7. The Balaban J connectivity index is 2.10. The van der Waals surface area contributed by atoms with Gasteiger partial charge in [0.05, 0.1) is 25.2 Å². The number of aromatic nitrogens is 2. The van der Waals surface area contributed by atoms with Gasteiger partial charge < -0.3 is 5.32 Å². The quantitative estimate of drug-likeness (QED) is 0.653. The molecule has 0 aliphatic carbocycles. The summed E-state index contributed by atoms with van der Waals surface area (Å²) < 4.78 is 29.2. The molecule has 0 radical (unpaired) electrons. The molecule has 2 aromatic heterocycles. The maximum absolute atomic E-state index is 12.7. The minimum Gasteiger partial charge on any atom is -0.355 e. The van der Waals surface area contributed by atoms with Gasteiger partial charge in [0.1, 0.15) is 15.8 Å². The lowest BCUT2D eigenvalue weighted by atomic mass is 9.96. The molecule has 2 N–H and O–H groups in total. The van der Waals surface area contributed by atoms with Crippen LogP contribution in [-0.4, -0.2) is 30.7 Å². The Kier molecular flexibility index (Phi) is 7.01. The van der Waals surface area contributed by atoms with E-state index in [0.717, 1.165) is 16.2 Å². The fourth-order valence-corrected chi connectivity index (χ4v) is 4.72. The molecule has 0 spiro atoms. The third kappa shape index (κ3) is 5.79. The average Bonchev–Trinajstić information content (AvgIpc) is 3.26. The Bertz CT molecular complexity index is 1060. The minimum atomic E-state index is -3.92. The van der Waals surface area contributed by atoms with Gasteiger partial charge in [0, 0.05) is 16.8 Å². The molecule has 29 heavy (non-hydrogen) atoms. The molecule has 0 aliphatic rings. The van der Waals surface area contributed by atoms with Gasteiger partial charge in [-0.3, -0.25) is 9.52 Å². The molecule has 0 saturated heterocycles. The number of hydrogen-bond donors (Lipinski definition) is 2. The highest BCUT2D eigenvalue weighted by Crippen LogP contribution is 2.26. The highest BCUT2D eigenvalue weighted by molar-refractivity contribution is 7.94. The van der Waals surface area contributed by atoms with Crippen molar-refractivity contribution in [2.45, 2.75) is 44.4 Å². The summed E-state index contributed by atoms with van der Waals surface area (Å²) in [5.74, 6) is -0.0339. The van der Waals surface area contributed by atoms with E-state index in [0.29, 0.717) is 13.0 Å². The van der Waals surface area contributed by atoms with E-state index in [-0.39, 0.29) is 34.5 Å². The Morgan fingerprint density at radius 3 is 2.66 bits per heavy atom. The number of rotatable bonds is 8. The molecule has 9 nitrogen and oxygen atoms in total. The van der Waals surface area contributed by atoms with Crippen LogP contribution in [0, 0.1) is 28.1 Å². The average molecular weight is 435 g/mol. The van der Waals surface area contributed by atoms with E-state index in [1.54, 1.807) is 6.07 Å². The van der Waals surface area contributed by atoms with E-state index in [4.69, 9.17) is 5.26 Å². The van der Waals surface area contributed by atoms with Crippen molar-refractivity contribution in [2.24, 2.45) is 5.41 Å². The second kappa shape index (κ2) is 9.07. The van der Waals surface area contributed by atoms with Gasteiger partial charge in [0.15, 0.2) is 5.82 Å². The first-order valence-corrected chi connectivity index (χ1v) is 11.1. The van der Waals surface area contributed by atoms with Gasteiger partial charge >= 0.3 is 0 Å². The normalized spacial score (nSPS) is 11.5. The number of nitriles is 2. The molecule has 2 heterocycles. The smallest absolute Gasteiger partial charge is 0.272 e. The van der Waals surface area contributed by atoms with Crippen LogP contribution >= 0.6 is 11.3 Å². The van der Waals surface area contributed by atoms with Crippen LogP contribution in [-0.2, 0) is 27.8 Å². The van der Waals surface area contributed by atoms with Crippen molar-refractivity contribution in [1.29, 1.82) is 10.5 Å². The molecule has 2 rings (SSSR count). The third-order valence-corrected chi connectivity index (χ3v) is 6.84. The van der Waals surface area contributed by atoms with Crippen LogP contribution in [0.5, 0.6) is 0 Å². The van der Waals surface area contributed by atoms with Gasteiger partial charge in [0.25, 0.3) is 10.0 Å². The van der Waals surface area contributed by atoms with Crippen LogP contribution in [0.2, 0.25) is 0 Å². The Labute approximate surface area is 174 Å². The number of aryl methyl sites for hydroxylation is 1. The number of anilines is 1. The van der Waals surface area contributed by atoms with E-state index in [9.17, 15) is 18.5 Å². The summed E-state index contributed by atoms with van der Waals surface area (Å²) in [6.07, 6.45) is 1.89. The summed E-state index contributed by atoms with van der Waals surface area (Å²) >= 11 is 1.09. The topological polar surface area (TPSA) is 141 Å². The van der Waals surface area contributed by atoms with E-state index < -0.39 is 15.4 Å². The van der Waals surface area contributed by atoms with Crippen molar-refractivity contribution in [3.8, 4) is 12.1 Å². The standard InChI is InChI=1S/C18H22N6O3S2/c1-18(2,3)17(25)21-9-7-14-5-6-15(28-14)29(26,27)23-16-13(11-20)12-22-24(16)10-4-8-19/h5-6,12,23H,4,7,9-10H2,1-3H3,(H,21,25). The fraction of sp³-hybridized carbons (Fsp3) is 0.444. The largest absolute Gasteiger partial charge is 0.355 e. The highest BCUT2D eigenvalue weighted by atomic mass is 32.2. The molecule has 0 fully saturated rings. The molecule has 0 bridgehead atoms. The fourth-order valence-electron chi connectivity index (χ4n) is 2.28. The summed E-state index contributed by atoms with van der Waals surface area (Å²) in [6.45, 7) is 6.03. The maximum atomic E-state index is 12.7. The highest BCUT2D eigenvalue weighted by Gasteiger charge is 2.23. The summed E-state index contributed by atoms with van der Waals surface area (Å²) in [7, 11) is -3.92. The summed E-state index contributed by atoms with van der Waals surface area (Å²) in [5.41, 5.74) is -0.408. The van der Waals surface area contributed by atoms with Crippen molar-refractivity contribution >= 4 is 33.1 Å². The number of sulfonamides is 1. The van der Waals surface area contributed by atoms with Crippen LogP contribution < -0.4 is 10.0 Å². The number of hydrogen-bond acceptors (Lipinski definition) is 7. The predicted octanol–water partition coefficient (Wildman–Crippen LogP) is 2.24. The molecule has 2 aromatic rings. The SMILES string of the molecule is CC(C)(C)C(=O)NCCc1ccc(S(=O)(=O)Nc2c(C#N)cnn2CCC#N)s1. The number of carbonyl (C=O) groups excluding carboxylic acids is 1. The van der Waals surface area contributed by atoms with Crippen molar-refractivity contribution in [1.82, 2.24) is 15.1 Å². The van der Waals surface area contributed by atoms with Gasteiger partial charge in [-0.25, -0.2) is 13.1 Å². The second-order valence-corrected chi connectivity index (χ2v) is 10.3. The van der Waals surface area contributed by atoms with Gasteiger partial charge in [-0.1, -0.05) is 20.8 Å². The maximum Gasteiger partial charge on any atom is 0.272 e. The lowest BCUT2D eigenvalue weighted by Crippen LogP contribution is -2.35. The van der Waals surface area contributed by atoms with Crippen LogP contribution in [0.15, 0.2) is 22.5 Å². The monoisotopic (exact) mass is 434 g/mol. The van der Waals surface area contributed by atoms with Crippen molar-refractivity contribution in [3.63, 3.8) is 0 Å². The first-order valence-electron chi connectivity index (χ1n) is 8.81. The lowest BCUT2D eigenvalue weighted by molar-refractivity contribution is -0.128. The van der Waals surface area contributed by atoms with Crippen LogP contribution in [0.3, 0.4) is 0 Å².